The predicted octanol–water partition coefficient (Wildman–Crippen LogP) is 20.8. The van der Waals surface area contributed by atoms with Gasteiger partial charge in [-0.05, 0) is 83.5 Å². The van der Waals surface area contributed by atoms with E-state index < -0.39 is 12.1 Å². The molecule has 0 aliphatic heterocycles. The lowest BCUT2D eigenvalue weighted by atomic mass is 10.0. The SMILES string of the molecule is CCCCCC/C=C\C/C=C\CCCCCCCCCC(=O)OCCCCCC/C=C\CCCCCCCCCC(=O)NC(CO)C(O)CCCCCCCCCCCCCCCCCCCCCCCCC. The van der Waals surface area contributed by atoms with Gasteiger partial charge in [-0.15, -0.1) is 0 Å². The van der Waals surface area contributed by atoms with Crippen LogP contribution in [0.3, 0.4) is 0 Å². The zero-order chi connectivity index (χ0) is 52.9. The number of esters is 1. The van der Waals surface area contributed by atoms with Gasteiger partial charge in [0.05, 0.1) is 25.4 Å². The van der Waals surface area contributed by atoms with E-state index in [2.05, 4.69) is 55.6 Å². The summed E-state index contributed by atoms with van der Waals surface area (Å²) in [4.78, 5) is 24.6. The number of aliphatic hydroxyl groups is 2. The van der Waals surface area contributed by atoms with Crippen molar-refractivity contribution in [2.45, 2.75) is 366 Å². The summed E-state index contributed by atoms with van der Waals surface area (Å²) >= 11 is 0. The first-order chi connectivity index (χ1) is 36.0. The van der Waals surface area contributed by atoms with E-state index in [1.165, 1.54) is 244 Å². The predicted molar refractivity (Wildman–Crippen MR) is 319 cm³/mol. The minimum absolute atomic E-state index is 0.0166. The molecule has 0 fully saturated rings. The Balaban J connectivity index is 3.46. The second kappa shape index (κ2) is 62.6. The largest absolute Gasteiger partial charge is 0.466 e. The van der Waals surface area contributed by atoms with Crippen LogP contribution in [0.25, 0.3) is 0 Å². The average Bonchev–Trinajstić information content (AvgIpc) is 3.39. The van der Waals surface area contributed by atoms with Crippen molar-refractivity contribution in [1.29, 1.82) is 0 Å². The molecule has 0 heterocycles. The maximum Gasteiger partial charge on any atom is 0.305 e. The van der Waals surface area contributed by atoms with Crippen LogP contribution in [0.15, 0.2) is 36.5 Å². The number of hydrogen-bond acceptors (Lipinski definition) is 5. The molecule has 2 unspecified atom stereocenters. The van der Waals surface area contributed by atoms with E-state index >= 15 is 0 Å². The maximum absolute atomic E-state index is 12.5. The second-order valence-electron chi connectivity index (χ2n) is 22.4. The first-order valence-corrected chi connectivity index (χ1v) is 32.7. The molecule has 6 heteroatoms. The van der Waals surface area contributed by atoms with Crippen LogP contribution in [-0.2, 0) is 14.3 Å². The fraction of sp³-hybridized carbons (Fsp3) is 0.881. The molecule has 2 atom stereocenters. The number of rotatable bonds is 61. The van der Waals surface area contributed by atoms with E-state index in [9.17, 15) is 19.8 Å². The molecule has 0 aromatic carbocycles. The Labute approximate surface area is 455 Å². The first kappa shape index (κ1) is 71.1. The minimum Gasteiger partial charge on any atom is -0.466 e. The van der Waals surface area contributed by atoms with Gasteiger partial charge in [-0.1, -0.05) is 294 Å². The standard InChI is InChI=1S/C67H127NO5/c1-3-5-7-9-11-13-15-17-19-21-23-24-25-26-27-28-31-35-39-43-47-51-55-59-65(70)64(63-69)68-66(71)60-56-52-48-44-40-36-32-30-34-38-42-46-50-54-58-62-73-67(72)61-57-53-49-45-41-37-33-29-22-20-18-16-14-12-10-8-6-4-2/h14,16,20,22,34,38,64-65,69-70H,3-13,15,17-19,21,23-33,35-37,39-63H2,1-2H3,(H,68,71)/b16-14-,22-20-,38-34-. The Morgan fingerprint density at radius 3 is 1.07 bits per heavy atom. The molecule has 0 bridgehead atoms. The molecule has 0 aromatic heterocycles. The molecule has 0 radical (unpaired) electrons. The second-order valence-corrected chi connectivity index (χ2v) is 22.4. The van der Waals surface area contributed by atoms with Crippen LogP contribution in [-0.4, -0.2) is 47.4 Å². The summed E-state index contributed by atoms with van der Waals surface area (Å²) in [5.41, 5.74) is 0. The number of nitrogens with one attached hydrogen (secondary N) is 1. The molecule has 0 rings (SSSR count). The summed E-state index contributed by atoms with van der Waals surface area (Å²) in [6.45, 7) is 4.92. The van der Waals surface area contributed by atoms with E-state index in [-0.39, 0.29) is 18.5 Å². The number of unbranched alkanes of at least 4 members (excludes halogenated alkanes) is 44. The Kier molecular flexibility index (Phi) is 61.0. The van der Waals surface area contributed by atoms with Crippen molar-refractivity contribution in [3.8, 4) is 0 Å². The summed E-state index contributed by atoms with van der Waals surface area (Å²) < 4.78 is 5.48. The van der Waals surface area contributed by atoms with Crippen molar-refractivity contribution in [2.24, 2.45) is 0 Å². The fourth-order valence-corrected chi connectivity index (χ4v) is 10.1. The zero-order valence-electron chi connectivity index (χ0n) is 49.1. The van der Waals surface area contributed by atoms with Crippen molar-refractivity contribution in [3.63, 3.8) is 0 Å². The van der Waals surface area contributed by atoms with E-state index in [4.69, 9.17) is 4.74 Å². The van der Waals surface area contributed by atoms with Gasteiger partial charge in [0.1, 0.15) is 0 Å². The Bertz CT molecular complexity index is 1180. The normalized spacial score (nSPS) is 12.8. The van der Waals surface area contributed by atoms with Gasteiger partial charge in [0, 0.05) is 12.8 Å². The van der Waals surface area contributed by atoms with Crippen molar-refractivity contribution in [3.05, 3.63) is 36.5 Å². The number of allylic oxidation sites excluding steroid dienone is 6. The lowest BCUT2D eigenvalue weighted by Gasteiger charge is -2.22. The fourth-order valence-electron chi connectivity index (χ4n) is 10.1. The highest BCUT2D eigenvalue weighted by atomic mass is 16.5. The lowest BCUT2D eigenvalue weighted by molar-refractivity contribution is -0.143. The Morgan fingerprint density at radius 2 is 0.685 bits per heavy atom. The van der Waals surface area contributed by atoms with Gasteiger partial charge < -0.3 is 20.3 Å². The monoisotopic (exact) mass is 1030 g/mol. The number of carbonyl (C=O) groups excluding carboxylic acids is 2. The van der Waals surface area contributed by atoms with Gasteiger partial charge in [0.15, 0.2) is 0 Å². The first-order valence-electron chi connectivity index (χ1n) is 32.7. The summed E-state index contributed by atoms with van der Waals surface area (Å²) in [5, 5.41) is 23.4. The molecular weight excluding hydrogens is 899 g/mol. The van der Waals surface area contributed by atoms with Crippen molar-refractivity contribution in [1.82, 2.24) is 5.32 Å². The van der Waals surface area contributed by atoms with Crippen LogP contribution >= 0.6 is 0 Å². The van der Waals surface area contributed by atoms with Crippen LogP contribution in [0.5, 0.6) is 0 Å². The van der Waals surface area contributed by atoms with Crippen LogP contribution < -0.4 is 5.32 Å². The quantitative estimate of drug-likeness (QED) is 0.0320. The third-order valence-electron chi connectivity index (χ3n) is 15.2. The molecule has 0 aliphatic rings. The Hall–Kier alpha value is -1.92. The van der Waals surface area contributed by atoms with Gasteiger partial charge in [-0.2, -0.15) is 0 Å². The molecule has 3 N–H and O–H groups in total. The number of ether oxygens (including phenoxy) is 1. The zero-order valence-corrected chi connectivity index (χ0v) is 49.1. The van der Waals surface area contributed by atoms with E-state index in [1.54, 1.807) is 0 Å². The summed E-state index contributed by atoms with van der Waals surface area (Å²) in [5.74, 6) is -0.0639. The van der Waals surface area contributed by atoms with E-state index in [0.29, 0.717) is 25.9 Å². The average molecular weight is 1030 g/mol. The van der Waals surface area contributed by atoms with Gasteiger partial charge in [0.25, 0.3) is 0 Å². The highest BCUT2D eigenvalue weighted by Gasteiger charge is 2.20. The van der Waals surface area contributed by atoms with Gasteiger partial charge >= 0.3 is 5.97 Å². The highest BCUT2D eigenvalue weighted by Crippen LogP contribution is 2.18. The number of amides is 1. The molecule has 0 saturated carbocycles. The lowest BCUT2D eigenvalue weighted by Crippen LogP contribution is -2.45. The van der Waals surface area contributed by atoms with Crippen molar-refractivity contribution < 1.29 is 24.5 Å². The number of carbonyl (C=O) groups is 2. The van der Waals surface area contributed by atoms with Gasteiger partial charge in [-0.3, -0.25) is 9.59 Å². The van der Waals surface area contributed by atoms with Gasteiger partial charge in [-0.25, -0.2) is 0 Å². The minimum atomic E-state index is -0.677. The molecule has 6 nitrogen and oxygen atoms in total. The molecular formula is C67H127NO5. The summed E-state index contributed by atoms with van der Waals surface area (Å²) in [6.07, 6.45) is 78.7. The molecule has 0 spiro atoms. The number of hydrogen-bond donors (Lipinski definition) is 3. The third kappa shape index (κ3) is 59.2. The molecule has 1 amide bonds. The molecule has 430 valence electrons. The number of aliphatic hydroxyl groups excluding tert-OH is 2. The van der Waals surface area contributed by atoms with E-state index in [0.717, 1.165) is 77.0 Å². The Morgan fingerprint density at radius 1 is 0.384 bits per heavy atom. The highest BCUT2D eigenvalue weighted by molar-refractivity contribution is 5.76. The molecule has 0 aliphatic carbocycles. The van der Waals surface area contributed by atoms with Gasteiger partial charge in [0.2, 0.25) is 5.91 Å². The van der Waals surface area contributed by atoms with Crippen LogP contribution in [0, 0.1) is 0 Å². The maximum atomic E-state index is 12.5. The van der Waals surface area contributed by atoms with E-state index in [1.807, 2.05) is 0 Å². The molecule has 73 heavy (non-hydrogen) atoms. The smallest absolute Gasteiger partial charge is 0.305 e. The summed E-state index contributed by atoms with van der Waals surface area (Å²) in [7, 11) is 0. The molecule has 0 saturated heterocycles. The van der Waals surface area contributed by atoms with Crippen LogP contribution in [0.1, 0.15) is 354 Å². The summed E-state index contributed by atoms with van der Waals surface area (Å²) in [6, 6.07) is -0.555. The van der Waals surface area contributed by atoms with Crippen molar-refractivity contribution in [2.75, 3.05) is 13.2 Å². The van der Waals surface area contributed by atoms with Crippen LogP contribution in [0.4, 0.5) is 0 Å². The topological polar surface area (TPSA) is 95.9 Å². The van der Waals surface area contributed by atoms with Crippen LogP contribution in [0.2, 0.25) is 0 Å². The third-order valence-corrected chi connectivity index (χ3v) is 15.2. The molecule has 0 aromatic rings. The van der Waals surface area contributed by atoms with Crippen molar-refractivity contribution >= 4 is 11.9 Å².